The van der Waals surface area contributed by atoms with Gasteiger partial charge in [-0.05, 0) is 47.4 Å². The van der Waals surface area contributed by atoms with Gasteiger partial charge in [-0.1, -0.05) is 0 Å². The van der Waals surface area contributed by atoms with Crippen molar-refractivity contribution in [2.45, 2.75) is 18.9 Å². The Kier molecular flexibility index (Phi) is 4.06. The minimum Gasteiger partial charge on any atom is -0.480 e. The number of methoxy groups -OCH3 is 1. The molecule has 110 valence electrons. The van der Waals surface area contributed by atoms with Crippen molar-refractivity contribution in [3.05, 3.63) is 40.7 Å². The van der Waals surface area contributed by atoms with Crippen LogP contribution in [0.2, 0.25) is 0 Å². The number of ether oxygens (including phenoxy) is 1. The zero-order chi connectivity index (χ0) is 14.7. The summed E-state index contributed by atoms with van der Waals surface area (Å²) in [7, 11) is 1.54. The molecule has 3 rings (SSSR count). The van der Waals surface area contributed by atoms with E-state index in [1.54, 1.807) is 36.8 Å². The van der Waals surface area contributed by atoms with E-state index in [9.17, 15) is 4.79 Å². The Morgan fingerprint density at radius 1 is 1.52 bits per heavy atom. The fraction of sp³-hybridized carbons (Fsp3) is 0.333. The first kappa shape index (κ1) is 13.9. The summed E-state index contributed by atoms with van der Waals surface area (Å²) in [6.07, 6.45) is 3.67. The summed E-state index contributed by atoms with van der Waals surface area (Å²) in [6.45, 7) is 0.773. The molecule has 0 spiro atoms. The van der Waals surface area contributed by atoms with Crippen LogP contribution < -0.4 is 10.1 Å². The predicted octanol–water partition coefficient (Wildman–Crippen LogP) is 3.52. The first-order valence-electron chi connectivity index (χ1n) is 6.88. The Labute approximate surface area is 127 Å². The van der Waals surface area contributed by atoms with Gasteiger partial charge < -0.3 is 15.0 Å². The van der Waals surface area contributed by atoms with Crippen molar-refractivity contribution in [3.8, 4) is 5.88 Å². The molecule has 0 aliphatic carbocycles. The molecular weight excluding hydrogens is 286 g/mol. The van der Waals surface area contributed by atoms with Crippen molar-refractivity contribution in [1.82, 2.24) is 9.88 Å². The van der Waals surface area contributed by atoms with Crippen LogP contribution in [-0.4, -0.2) is 29.6 Å². The van der Waals surface area contributed by atoms with E-state index in [4.69, 9.17) is 4.74 Å². The van der Waals surface area contributed by atoms with Crippen LogP contribution in [0.1, 0.15) is 24.4 Å². The second-order valence-corrected chi connectivity index (χ2v) is 5.68. The highest BCUT2D eigenvalue weighted by molar-refractivity contribution is 7.07. The number of carbonyl (C=O) groups excluding carboxylic acids is 1. The fourth-order valence-electron chi connectivity index (χ4n) is 2.66. The van der Waals surface area contributed by atoms with Crippen LogP contribution in [0, 0.1) is 0 Å². The third-order valence-corrected chi connectivity index (χ3v) is 4.35. The smallest absolute Gasteiger partial charge is 0.322 e. The molecule has 0 aromatic carbocycles. The zero-order valence-corrected chi connectivity index (χ0v) is 12.6. The summed E-state index contributed by atoms with van der Waals surface area (Å²) in [6, 6.07) is 5.72. The number of thiophene rings is 1. The molecule has 0 bridgehead atoms. The third kappa shape index (κ3) is 2.85. The van der Waals surface area contributed by atoms with Crippen LogP contribution in [-0.2, 0) is 0 Å². The number of amides is 2. The fourth-order valence-corrected chi connectivity index (χ4v) is 3.36. The molecule has 6 heteroatoms. The van der Waals surface area contributed by atoms with E-state index in [2.05, 4.69) is 21.7 Å². The van der Waals surface area contributed by atoms with Gasteiger partial charge in [0.2, 0.25) is 5.88 Å². The van der Waals surface area contributed by atoms with Gasteiger partial charge in [-0.2, -0.15) is 11.3 Å². The number of nitrogens with zero attached hydrogens (tertiary/aromatic N) is 2. The number of aromatic nitrogens is 1. The summed E-state index contributed by atoms with van der Waals surface area (Å²) in [5.41, 5.74) is 1.81. The van der Waals surface area contributed by atoms with Gasteiger partial charge in [-0.15, -0.1) is 0 Å². The number of hydrogen-bond donors (Lipinski definition) is 1. The average Bonchev–Trinajstić information content (AvgIpc) is 3.18. The highest BCUT2D eigenvalue weighted by atomic mass is 32.1. The van der Waals surface area contributed by atoms with E-state index < -0.39 is 0 Å². The number of anilines is 1. The van der Waals surface area contributed by atoms with Crippen molar-refractivity contribution in [3.63, 3.8) is 0 Å². The molecule has 0 radical (unpaired) electrons. The van der Waals surface area contributed by atoms with Crippen molar-refractivity contribution in [2.24, 2.45) is 0 Å². The molecule has 2 amide bonds. The molecule has 1 fully saturated rings. The van der Waals surface area contributed by atoms with E-state index in [0.29, 0.717) is 11.6 Å². The van der Waals surface area contributed by atoms with E-state index in [1.165, 1.54) is 5.56 Å². The lowest BCUT2D eigenvalue weighted by Crippen LogP contribution is -2.34. The first-order valence-corrected chi connectivity index (χ1v) is 7.82. The largest absolute Gasteiger partial charge is 0.480 e. The maximum atomic E-state index is 12.5. The zero-order valence-electron chi connectivity index (χ0n) is 11.8. The van der Waals surface area contributed by atoms with E-state index in [0.717, 1.165) is 19.4 Å². The molecule has 0 unspecified atom stereocenters. The molecule has 1 atom stereocenters. The van der Waals surface area contributed by atoms with E-state index in [1.807, 2.05) is 10.3 Å². The van der Waals surface area contributed by atoms with Crippen LogP contribution in [0.4, 0.5) is 10.5 Å². The topological polar surface area (TPSA) is 54.5 Å². The van der Waals surface area contributed by atoms with Crippen LogP contribution >= 0.6 is 11.3 Å². The van der Waals surface area contributed by atoms with Crippen molar-refractivity contribution < 1.29 is 9.53 Å². The Balaban J connectivity index is 1.75. The molecule has 1 aliphatic rings. The summed E-state index contributed by atoms with van der Waals surface area (Å²) in [5, 5.41) is 7.06. The average molecular weight is 303 g/mol. The van der Waals surface area contributed by atoms with Crippen molar-refractivity contribution in [1.29, 1.82) is 0 Å². The van der Waals surface area contributed by atoms with Crippen molar-refractivity contribution >= 4 is 23.1 Å². The molecule has 1 saturated heterocycles. The minimum absolute atomic E-state index is 0.102. The van der Waals surface area contributed by atoms with Gasteiger partial charge in [-0.25, -0.2) is 9.78 Å². The Morgan fingerprint density at radius 3 is 3.19 bits per heavy atom. The number of urea groups is 1. The predicted molar refractivity (Wildman–Crippen MR) is 82.8 cm³/mol. The maximum absolute atomic E-state index is 12.5. The minimum atomic E-state index is -0.102. The van der Waals surface area contributed by atoms with Gasteiger partial charge in [0, 0.05) is 12.7 Å². The molecular formula is C15H17N3O2S. The number of hydrogen-bond acceptors (Lipinski definition) is 4. The van der Waals surface area contributed by atoms with Gasteiger partial charge in [-0.3, -0.25) is 0 Å². The molecule has 2 aromatic heterocycles. The third-order valence-electron chi connectivity index (χ3n) is 3.65. The molecule has 21 heavy (non-hydrogen) atoms. The van der Waals surface area contributed by atoms with Crippen LogP contribution in [0.3, 0.4) is 0 Å². The highest BCUT2D eigenvalue weighted by Crippen LogP contribution is 2.33. The first-order chi connectivity index (χ1) is 10.3. The standard InChI is InChI=1S/C15H17N3O2S/c1-20-14-12(4-2-7-16-14)17-15(19)18-8-3-5-13(18)11-6-9-21-10-11/h2,4,6-7,9-10,13H,3,5,8H2,1H3,(H,17,19)/t13-/m1/s1. The quantitative estimate of drug-likeness (QED) is 0.944. The molecule has 1 aliphatic heterocycles. The normalized spacial score (nSPS) is 17.8. The van der Waals surface area contributed by atoms with Gasteiger partial charge >= 0.3 is 6.03 Å². The summed E-state index contributed by atoms with van der Waals surface area (Å²) in [5.74, 6) is 0.428. The molecule has 0 saturated carbocycles. The lowest BCUT2D eigenvalue weighted by molar-refractivity contribution is 0.207. The second kappa shape index (κ2) is 6.13. The Morgan fingerprint density at radius 2 is 2.43 bits per heavy atom. The van der Waals surface area contributed by atoms with E-state index in [-0.39, 0.29) is 12.1 Å². The van der Waals surface area contributed by atoms with Gasteiger partial charge in [0.25, 0.3) is 0 Å². The molecule has 2 aromatic rings. The van der Waals surface area contributed by atoms with Gasteiger partial charge in [0.1, 0.15) is 5.69 Å². The summed E-state index contributed by atoms with van der Waals surface area (Å²) in [4.78, 5) is 18.5. The SMILES string of the molecule is COc1ncccc1NC(=O)N1CCC[C@@H]1c1ccsc1. The molecule has 5 nitrogen and oxygen atoms in total. The second-order valence-electron chi connectivity index (χ2n) is 4.90. The molecule has 3 heterocycles. The lowest BCUT2D eigenvalue weighted by atomic mass is 10.1. The van der Waals surface area contributed by atoms with Crippen LogP contribution in [0.25, 0.3) is 0 Å². The number of rotatable bonds is 3. The van der Waals surface area contributed by atoms with Gasteiger partial charge in [0.05, 0.1) is 13.2 Å². The summed E-state index contributed by atoms with van der Waals surface area (Å²) >= 11 is 1.66. The lowest BCUT2D eigenvalue weighted by Gasteiger charge is -2.24. The molecule has 1 N–H and O–H groups in total. The van der Waals surface area contributed by atoms with Crippen molar-refractivity contribution in [2.75, 3.05) is 19.0 Å². The van der Waals surface area contributed by atoms with E-state index >= 15 is 0 Å². The van der Waals surface area contributed by atoms with Crippen LogP contribution in [0.15, 0.2) is 35.2 Å². The maximum Gasteiger partial charge on any atom is 0.322 e. The monoisotopic (exact) mass is 303 g/mol. The Hall–Kier alpha value is -2.08. The number of likely N-dealkylation sites (tertiary alicyclic amines) is 1. The summed E-state index contributed by atoms with van der Waals surface area (Å²) < 4.78 is 5.17. The number of pyridine rings is 1. The number of carbonyl (C=O) groups is 1. The van der Waals surface area contributed by atoms with Crippen LogP contribution in [0.5, 0.6) is 5.88 Å². The number of nitrogens with one attached hydrogen (secondary N) is 1. The van der Waals surface area contributed by atoms with Gasteiger partial charge in [0.15, 0.2) is 0 Å². The Bertz CT molecular complexity index is 615. The highest BCUT2D eigenvalue weighted by Gasteiger charge is 2.30.